The van der Waals surface area contributed by atoms with Crippen LogP contribution in [0, 0.1) is 18.6 Å². The van der Waals surface area contributed by atoms with Gasteiger partial charge in [-0.05, 0) is 66.1 Å². The summed E-state index contributed by atoms with van der Waals surface area (Å²) in [4.78, 5) is 28.5. The average Bonchev–Trinajstić information content (AvgIpc) is 0.679. The van der Waals surface area contributed by atoms with E-state index in [1.54, 1.807) is 0 Å². The van der Waals surface area contributed by atoms with Crippen LogP contribution in [-0.2, 0) is 34.5 Å². The van der Waals surface area contributed by atoms with Crippen LogP contribution >= 0.6 is 11.8 Å². The molecule has 6 rings (SSSR count). The first kappa shape index (κ1) is 15.3. The number of nitrogens with zero attached hydrogens (tertiary/aromatic N) is 3. The summed E-state index contributed by atoms with van der Waals surface area (Å²) in [5.74, 6) is -8.22. The molecule has 0 bridgehead atoms. The number of para-hydroxylation sites is 1. The lowest BCUT2D eigenvalue weighted by molar-refractivity contribution is -0.138. The van der Waals surface area contributed by atoms with Crippen LogP contribution in [-0.4, -0.2) is 59.4 Å². The van der Waals surface area contributed by atoms with Crippen molar-refractivity contribution in [3.8, 4) is 11.1 Å². The third kappa shape index (κ3) is 9.00. The molecule has 0 saturated carbocycles. The normalized spacial score (nSPS) is 27.8. The number of alkyl halides is 3. The molecule has 0 atom stereocenters. The van der Waals surface area contributed by atoms with Crippen LogP contribution in [0.1, 0.15) is 77.5 Å². The van der Waals surface area contributed by atoms with Crippen LogP contribution in [0.4, 0.5) is 22.0 Å². The number of fused-ring (bicyclic) bond motifs is 1. The highest BCUT2D eigenvalue weighted by Gasteiger charge is 2.32. The Balaban J connectivity index is 1.79. The summed E-state index contributed by atoms with van der Waals surface area (Å²) in [5, 5.41) is -2.80. The van der Waals surface area contributed by atoms with E-state index in [-0.39, 0.29) is 16.3 Å². The Labute approximate surface area is 352 Å². The average molecular weight is 781 g/mol. The van der Waals surface area contributed by atoms with E-state index in [9.17, 15) is 32.0 Å². The highest BCUT2D eigenvalue weighted by Crippen LogP contribution is 2.34. The number of likely N-dealkylation sites (tertiary alicyclic amines) is 1. The summed E-state index contributed by atoms with van der Waals surface area (Å²) in [6.45, 7) is -21.3. The minimum absolute atomic E-state index is 0.235. The molecular weight excluding hydrogens is 710 g/mol. The van der Waals surface area contributed by atoms with Gasteiger partial charge in [0.25, 0.3) is 0 Å². The van der Waals surface area contributed by atoms with E-state index >= 15 is 9.18 Å². The number of thioether (sulfide) groups is 1. The van der Waals surface area contributed by atoms with Gasteiger partial charge in [-0.15, -0.1) is 11.8 Å². The third-order valence-electron chi connectivity index (χ3n) is 6.90. The van der Waals surface area contributed by atoms with Gasteiger partial charge in [0.15, 0.2) is 17.1 Å². The molecule has 1 aliphatic rings. The topological polar surface area (TPSA) is 54.8 Å². The zero-order valence-electron chi connectivity index (χ0n) is 57.5. The van der Waals surface area contributed by atoms with Gasteiger partial charge in [0, 0.05) is 72.9 Å². The van der Waals surface area contributed by atoms with E-state index in [1.165, 1.54) is 0 Å². The van der Waals surface area contributed by atoms with E-state index in [0.717, 1.165) is 0 Å². The second kappa shape index (κ2) is 16.7. The molecule has 0 spiro atoms. The lowest BCUT2D eigenvalue weighted by Gasteiger charge is -2.39. The third-order valence-corrected chi connectivity index (χ3v) is 7.89. The monoisotopic (exact) mass is 780 g/mol. The van der Waals surface area contributed by atoms with Gasteiger partial charge in [0.1, 0.15) is 6.50 Å². The zero-order chi connectivity index (χ0) is 64.9. The Morgan fingerprint density at radius 2 is 1.77 bits per heavy atom. The van der Waals surface area contributed by atoms with Crippen LogP contribution in [0.5, 0.6) is 0 Å². The van der Waals surface area contributed by atoms with Crippen molar-refractivity contribution >= 4 is 28.6 Å². The van der Waals surface area contributed by atoms with Crippen LogP contribution in [0.25, 0.3) is 22.0 Å². The number of carbonyl (C=O) groups is 1. The summed E-state index contributed by atoms with van der Waals surface area (Å²) in [6, 6.07) is -26.8. The lowest BCUT2D eigenvalue weighted by atomic mass is 9.98. The summed E-state index contributed by atoms with van der Waals surface area (Å²) < 4.78 is 346. The molecule has 6 nitrogen and oxygen atoms in total. The van der Waals surface area contributed by atoms with Gasteiger partial charge in [-0.3, -0.25) is 9.59 Å². The molecular formula is C41H40F5N3O3S. The van der Waals surface area contributed by atoms with E-state index in [4.69, 9.17) is 32.9 Å². The first-order chi connectivity index (χ1) is 37.7. The van der Waals surface area contributed by atoms with Gasteiger partial charge in [-0.1, -0.05) is 60.4 Å². The molecule has 12 heteroatoms. The van der Waals surface area contributed by atoms with E-state index < -0.39 is 250 Å². The van der Waals surface area contributed by atoms with Crippen molar-refractivity contribution in [3.05, 3.63) is 135 Å². The van der Waals surface area contributed by atoms with Crippen LogP contribution < -0.4 is 5.43 Å². The Hall–Kier alpha value is -4.52. The van der Waals surface area contributed by atoms with Gasteiger partial charge in [0.2, 0.25) is 5.91 Å². The molecule has 1 saturated heterocycles. The number of hydrogen-bond donors (Lipinski definition) is 0. The Bertz CT molecular complexity index is 3570. The van der Waals surface area contributed by atoms with Crippen molar-refractivity contribution < 1.29 is 74.0 Å². The first-order valence-electron chi connectivity index (χ1n) is 30.0. The number of benzene rings is 4. The van der Waals surface area contributed by atoms with Crippen LogP contribution in [0.2, 0.25) is 0 Å². The maximum Gasteiger partial charge on any atom is 0.416 e. The zero-order valence-corrected chi connectivity index (χ0v) is 27.3. The number of rotatable bonds is 12. The standard InChI is InChI=1S/C41H40F5N3O3S/c1-27-22-30(14-15-34(27)41(44,45)46)29-12-10-28(11-13-29)24-48(32-16-18-47(19-17-32)20-21-52-2)38(51)25-49-36-9-4-3-7-33(36)37(50)23-39(49)53-26-31-6-5-8-35(42)40(31)43/h3-15,22-23,32H,16-21,24-26H2,1-2H3/i2D3,3D,4D,5D,6D,7D,8D,9D,10D,11D,12D,13D,14D,15D,16D2,17D2,18D2,19D2,21D2,22D,23D,25D2,32D. The van der Waals surface area contributed by atoms with Crippen molar-refractivity contribution in [2.24, 2.45) is 0 Å². The van der Waals surface area contributed by atoms with Crippen LogP contribution in [0.15, 0.2) is 100 Å². The fourth-order valence-electron chi connectivity index (χ4n) is 4.43. The Morgan fingerprint density at radius 1 is 1.04 bits per heavy atom. The predicted molar refractivity (Wildman–Crippen MR) is 198 cm³/mol. The fourth-order valence-corrected chi connectivity index (χ4v) is 5.35. The number of amides is 1. The molecule has 1 aliphatic heterocycles. The quantitative estimate of drug-likeness (QED) is 0.0938. The number of methoxy groups -OCH3 is 1. The molecule has 1 aromatic heterocycles. The van der Waals surface area contributed by atoms with Gasteiger partial charge < -0.3 is 19.1 Å². The molecule has 5 aromatic rings. The van der Waals surface area contributed by atoms with Gasteiger partial charge in [-0.25, -0.2) is 8.78 Å². The second-order valence-corrected chi connectivity index (χ2v) is 11.3. The molecule has 1 amide bonds. The molecule has 0 N–H and O–H groups in total. The second-order valence-electron chi connectivity index (χ2n) is 10.3. The van der Waals surface area contributed by atoms with E-state index in [0.29, 0.717) is 6.92 Å². The summed E-state index contributed by atoms with van der Waals surface area (Å²) in [6.07, 6.45) is -15.0. The van der Waals surface area contributed by atoms with Crippen LogP contribution in [0.3, 0.4) is 0 Å². The maximum atomic E-state index is 15.9. The smallest absolute Gasteiger partial charge is 0.383 e. The SMILES string of the molecule is [2H]c1c([2H])c(F)c(F)c(CSc2c([2H])c(=O)c3c([2H])c([2H])c([2H])c([2H])c3n2C([2H])([2H])C(=O)N(Cc2c([2H])c([2H])c(-c3c([2H])c([2H])c(C(F)(F)F)c(C)c3[2H])c([2H])c2[2H])C2([2H])C([2H])([2H])C([2H])([2H])N(CC([2H])([2H])OC([2H])([2H])[2H])C([2H])([2H])C2([2H])[2H])c1[2H]. The Kier molecular flexibility index (Phi) is 4.81. The molecule has 0 aliphatic carbocycles. The van der Waals surface area contributed by atoms with Gasteiger partial charge in [0.05, 0.1) is 54.2 Å². The number of pyridine rings is 1. The number of hydrogen-bond acceptors (Lipinski definition) is 5. The predicted octanol–water partition coefficient (Wildman–Crippen LogP) is 8.71. The van der Waals surface area contributed by atoms with Crippen molar-refractivity contribution in [2.45, 2.75) is 55.7 Å². The van der Waals surface area contributed by atoms with E-state index in [1.807, 2.05) is 0 Å². The Morgan fingerprint density at radius 3 is 2.51 bits per heavy atom. The van der Waals surface area contributed by atoms with Crippen molar-refractivity contribution in [2.75, 3.05) is 33.1 Å². The lowest BCUT2D eigenvalue weighted by Crippen LogP contribution is -2.48. The van der Waals surface area contributed by atoms with Crippen molar-refractivity contribution in [1.82, 2.24) is 14.4 Å². The first-order valence-corrected chi connectivity index (χ1v) is 15.5. The molecule has 0 radical (unpaired) electrons. The van der Waals surface area contributed by atoms with Crippen molar-refractivity contribution in [1.29, 1.82) is 0 Å². The summed E-state index contributed by atoms with van der Waals surface area (Å²) in [7, 11) is -3.75. The molecule has 4 aromatic carbocycles. The van der Waals surface area contributed by atoms with Gasteiger partial charge in [-0.2, -0.15) is 13.2 Å². The highest BCUT2D eigenvalue weighted by atomic mass is 32.2. The number of aromatic nitrogens is 1. The molecule has 278 valence electrons. The summed E-state index contributed by atoms with van der Waals surface area (Å²) in [5.41, 5.74) is -11.2. The minimum atomic E-state index is -5.39. The molecule has 2 heterocycles. The largest absolute Gasteiger partial charge is 0.416 e. The fraction of sp³-hybridized carbons (Fsp3) is 0.317. The van der Waals surface area contributed by atoms with Gasteiger partial charge >= 0.3 is 6.18 Å². The molecule has 0 unspecified atom stereocenters. The van der Waals surface area contributed by atoms with Crippen molar-refractivity contribution in [3.63, 3.8) is 0 Å². The molecule has 1 fully saturated rings. The van der Waals surface area contributed by atoms with E-state index in [2.05, 4.69) is 4.74 Å². The molecule has 53 heavy (non-hydrogen) atoms. The highest BCUT2D eigenvalue weighted by molar-refractivity contribution is 7.98. The number of piperidine rings is 1. The minimum Gasteiger partial charge on any atom is -0.383 e. The maximum absolute atomic E-state index is 15.9. The number of carbonyl (C=O) groups excluding carboxylic acids is 1. The number of ether oxygens (including phenoxy) is 1. The summed E-state index contributed by atoms with van der Waals surface area (Å²) >= 11 is -0.235. The number of halogens is 5.